The third-order valence-electron chi connectivity index (χ3n) is 4.73. The third kappa shape index (κ3) is 5.82. The second-order valence-electron chi connectivity index (χ2n) is 7.21. The van der Waals surface area contributed by atoms with Crippen molar-refractivity contribution in [3.05, 3.63) is 59.7 Å². The number of halogens is 3. The van der Waals surface area contributed by atoms with Crippen molar-refractivity contribution in [1.82, 2.24) is 0 Å². The molecular formula is C22H23F3N2O4S. The number of nitrogens with one attached hydrogen (secondary N) is 1. The second-order valence-corrected chi connectivity index (χ2v) is 9.23. The number of hydrogen-bond donors (Lipinski definition) is 1. The quantitative estimate of drug-likeness (QED) is 0.599. The first-order chi connectivity index (χ1) is 15.1. The molecule has 0 aliphatic carbocycles. The van der Waals surface area contributed by atoms with Crippen LogP contribution < -0.4 is 14.4 Å². The van der Waals surface area contributed by atoms with Crippen LogP contribution in [-0.2, 0) is 21.0 Å². The molecule has 0 atom stereocenters. The fourth-order valence-corrected chi connectivity index (χ4v) is 4.73. The molecule has 1 heterocycles. The molecule has 0 spiro atoms. The molecule has 2 aromatic rings. The van der Waals surface area contributed by atoms with E-state index in [0.29, 0.717) is 37.2 Å². The zero-order chi connectivity index (χ0) is 23.4. The first kappa shape index (κ1) is 23.6. The maximum Gasteiger partial charge on any atom is 0.416 e. The van der Waals surface area contributed by atoms with E-state index in [1.54, 1.807) is 24.3 Å². The molecule has 0 aromatic heterocycles. The van der Waals surface area contributed by atoms with Crippen LogP contribution in [-0.4, -0.2) is 33.2 Å². The topological polar surface area (TPSA) is 75.7 Å². The molecule has 172 valence electrons. The predicted octanol–water partition coefficient (Wildman–Crippen LogP) is 4.69. The van der Waals surface area contributed by atoms with E-state index in [0.717, 1.165) is 12.1 Å². The fourth-order valence-electron chi connectivity index (χ4n) is 3.17. The maximum absolute atomic E-state index is 13.0. The average molecular weight is 468 g/mol. The Morgan fingerprint density at radius 2 is 1.91 bits per heavy atom. The smallest absolute Gasteiger partial charge is 0.416 e. The summed E-state index contributed by atoms with van der Waals surface area (Å²) < 4.78 is 69.9. The number of amides is 1. The molecule has 0 radical (unpaired) electrons. The molecule has 2 aromatic carbocycles. The van der Waals surface area contributed by atoms with Gasteiger partial charge in [0.25, 0.3) is 0 Å². The van der Waals surface area contributed by atoms with Crippen LogP contribution in [0.1, 0.15) is 30.9 Å². The molecule has 3 rings (SSSR count). The van der Waals surface area contributed by atoms with Crippen molar-refractivity contribution < 1.29 is 31.1 Å². The SMILES string of the molecule is CCCOc1ccc(C(F)(F)F)cc1NC(=O)/C=C/c1ccc(N2CCCS2(=O)=O)cc1. The van der Waals surface area contributed by atoms with Crippen LogP contribution in [0.3, 0.4) is 0 Å². The molecule has 1 fully saturated rings. The summed E-state index contributed by atoms with van der Waals surface area (Å²) >= 11 is 0. The summed E-state index contributed by atoms with van der Waals surface area (Å²) in [6.45, 7) is 2.58. The lowest BCUT2D eigenvalue weighted by atomic mass is 10.1. The van der Waals surface area contributed by atoms with Gasteiger partial charge in [0, 0.05) is 12.6 Å². The standard InChI is InChI=1S/C22H23F3N2O4S/c1-2-13-31-20-10-7-17(22(23,24)25)15-19(20)26-21(28)11-6-16-4-8-18(9-5-16)27-12-3-14-32(27,29)30/h4-11,15H,2-3,12-14H2,1H3,(H,26,28)/b11-6+. The highest BCUT2D eigenvalue weighted by atomic mass is 32.2. The summed E-state index contributed by atoms with van der Waals surface area (Å²) in [4.78, 5) is 12.3. The largest absolute Gasteiger partial charge is 0.491 e. The number of alkyl halides is 3. The Kier molecular flexibility index (Phi) is 7.12. The van der Waals surface area contributed by atoms with E-state index < -0.39 is 27.7 Å². The van der Waals surface area contributed by atoms with Crippen molar-refractivity contribution in [3.8, 4) is 5.75 Å². The van der Waals surface area contributed by atoms with Gasteiger partial charge >= 0.3 is 6.18 Å². The second kappa shape index (κ2) is 9.64. The van der Waals surface area contributed by atoms with Gasteiger partial charge in [-0.05, 0) is 54.8 Å². The van der Waals surface area contributed by atoms with Crippen molar-refractivity contribution >= 4 is 33.4 Å². The molecular weight excluding hydrogens is 445 g/mol. The van der Waals surface area contributed by atoms with E-state index in [1.165, 1.54) is 22.5 Å². The number of hydrogen-bond acceptors (Lipinski definition) is 4. The molecule has 1 aliphatic rings. The minimum absolute atomic E-state index is 0.0717. The number of nitrogens with zero attached hydrogens (tertiary/aromatic N) is 1. The monoisotopic (exact) mass is 468 g/mol. The van der Waals surface area contributed by atoms with Gasteiger partial charge < -0.3 is 10.1 Å². The molecule has 0 saturated carbocycles. The number of carbonyl (C=O) groups excluding carboxylic acids is 1. The third-order valence-corrected chi connectivity index (χ3v) is 6.60. The van der Waals surface area contributed by atoms with Gasteiger partial charge in [0.2, 0.25) is 15.9 Å². The van der Waals surface area contributed by atoms with Gasteiger partial charge in [0.1, 0.15) is 5.75 Å². The van der Waals surface area contributed by atoms with E-state index in [1.807, 2.05) is 6.92 Å². The minimum Gasteiger partial charge on any atom is -0.491 e. The molecule has 0 unspecified atom stereocenters. The molecule has 1 aliphatic heterocycles. The zero-order valence-electron chi connectivity index (χ0n) is 17.4. The molecule has 6 nitrogen and oxygen atoms in total. The Morgan fingerprint density at radius 3 is 2.50 bits per heavy atom. The predicted molar refractivity (Wildman–Crippen MR) is 117 cm³/mol. The van der Waals surface area contributed by atoms with Gasteiger partial charge in [0.15, 0.2) is 0 Å². The van der Waals surface area contributed by atoms with Crippen LogP contribution in [0.2, 0.25) is 0 Å². The summed E-state index contributed by atoms with van der Waals surface area (Å²) in [5.41, 5.74) is 0.211. The lowest BCUT2D eigenvalue weighted by Crippen LogP contribution is -2.24. The van der Waals surface area contributed by atoms with E-state index in [4.69, 9.17) is 4.74 Å². The minimum atomic E-state index is -4.55. The molecule has 1 saturated heterocycles. The lowest BCUT2D eigenvalue weighted by molar-refractivity contribution is -0.137. The molecule has 1 amide bonds. The summed E-state index contributed by atoms with van der Waals surface area (Å²) in [7, 11) is -3.28. The molecule has 1 N–H and O–H groups in total. The number of sulfonamides is 1. The highest BCUT2D eigenvalue weighted by Gasteiger charge is 2.31. The molecule has 32 heavy (non-hydrogen) atoms. The van der Waals surface area contributed by atoms with E-state index in [-0.39, 0.29) is 17.2 Å². The van der Waals surface area contributed by atoms with Gasteiger partial charge in [0.05, 0.1) is 29.3 Å². The zero-order valence-corrected chi connectivity index (χ0v) is 18.2. The average Bonchev–Trinajstić information content (AvgIpc) is 3.10. The Bertz CT molecular complexity index is 1100. The summed E-state index contributed by atoms with van der Waals surface area (Å²) in [5.74, 6) is -0.358. The van der Waals surface area contributed by atoms with Crippen molar-refractivity contribution in [2.24, 2.45) is 0 Å². The normalized spacial score (nSPS) is 15.8. The van der Waals surface area contributed by atoms with E-state index >= 15 is 0 Å². The first-order valence-corrected chi connectivity index (χ1v) is 11.6. The van der Waals surface area contributed by atoms with Crippen LogP contribution in [0.4, 0.5) is 24.5 Å². The Morgan fingerprint density at radius 1 is 1.19 bits per heavy atom. The van der Waals surface area contributed by atoms with Gasteiger partial charge in [-0.15, -0.1) is 0 Å². The number of benzene rings is 2. The molecule has 10 heteroatoms. The Hall–Kier alpha value is -3.01. The lowest BCUT2D eigenvalue weighted by Gasteiger charge is -2.16. The number of ether oxygens (including phenoxy) is 1. The summed E-state index contributed by atoms with van der Waals surface area (Å²) in [5, 5.41) is 2.43. The van der Waals surface area contributed by atoms with Crippen LogP contribution in [0.5, 0.6) is 5.75 Å². The summed E-state index contributed by atoms with van der Waals surface area (Å²) in [6.07, 6.45) is -0.654. The van der Waals surface area contributed by atoms with Gasteiger partial charge in [-0.2, -0.15) is 13.2 Å². The van der Waals surface area contributed by atoms with E-state index in [9.17, 15) is 26.4 Å². The summed E-state index contributed by atoms with van der Waals surface area (Å²) in [6, 6.07) is 9.53. The molecule has 0 bridgehead atoms. The fraction of sp³-hybridized carbons (Fsp3) is 0.318. The highest BCUT2D eigenvalue weighted by Crippen LogP contribution is 2.35. The van der Waals surface area contributed by atoms with Gasteiger partial charge in [-0.25, -0.2) is 8.42 Å². The van der Waals surface area contributed by atoms with Crippen LogP contribution in [0.15, 0.2) is 48.5 Å². The van der Waals surface area contributed by atoms with Crippen LogP contribution >= 0.6 is 0 Å². The maximum atomic E-state index is 13.0. The van der Waals surface area contributed by atoms with Crippen LogP contribution in [0, 0.1) is 0 Å². The van der Waals surface area contributed by atoms with Crippen molar-refractivity contribution in [2.45, 2.75) is 25.9 Å². The Balaban J connectivity index is 1.72. The van der Waals surface area contributed by atoms with Crippen LogP contribution in [0.25, 0.3) is 6.08 Å². The van der Waals surface area contributed by atoms with E-state index in [2.05, 4.69) is 5.32 Å². The van der Waals surface area contributed by atoms with Gasteiger partial charge in [-0.3, -0.25) is 9.10 Å². The van der Waals surface area contributed by atoms with Crippen molar-refractivity contribution in [3.63, 3.8) is 0 Å². The highest BCUT2D eigenvalue weighted by molar-refractivity contribution is 7.93. The number of rotatable bonds is 7. The Labute approximate surface area is 184 Å². The number of anilines is 2. The van der Waals surface area contributed by atoms with Gasteiger partial charge in [-0.1, -0.05) is 19.1 Å². The van der Waals surface area contributed by atoms with Crippen molar-refractivity contribution in [1.29, 1.82) is 0 Å². The number of carbonyl (C=O) groups is 1. The van der Waals surface area contributed by atoms with Crippen molar-refractivity contribution in [2.75, 3.05) is 28.5 Å². The first-order valence-electron chi connectivity index (χ1n) is 10.0.